The normalized spacial score (nSPS) is 21.4. The van der Waals surface area contributed by atoms with E-state index in [1.54, 1.807) is 11.3 Å². The maximum Gasteiger partial charge on any atom is 0.229 e. The minimum atomic E-state index is 0.149. The molecular weight excluding hydrogens is 234 g/mol. The Balaban J connectivity index is 1.62. The van der Waals surface area contributed by atoms with Gasteiger partial charge in [-0.05, 0) is 44.7 Å². The molecule has 1 aromatic heterocycles. The number of nitrogens with zero attached hydrogens (tertiary/aromatic N) is 1. The van der Waals surface area contributed by atoms with E-state index in [0.29, 0.717) is 5.92 Å². The lowest BCUT2D eigenvalue weighted by atomic mass is 9.97. The maximum absolute atomic E-state index is 11.6. The predicted octanol–water partition coefficient (Wildman–Crippen LogP) is 1.96. The predicted molar refractivity (Wildman–Crippen MR) is 68.3 cm³/mol. The summed E-state index contributed by atoms with van der Waals surface area (Å²) in [6, 6.07) is 0. The first-order valence-electron chi connectivity index (χ1n) is 6.30. The number of thiazole rings is 1. The quantitative estimate of drug-likeness (QED) is 0.863. The lowest BCUT2D eigenvalue weighted by Crippen LogP contribution is -2.26. The summed E-state index contributed by atoms with van der Waals surface area (Å²) in [5.41, 5.74) is 0. The zero-order valence-corrected chi connectivity index (χ0v) is 10.6. The fraction of sp³-hybridized carbons (Fsp3) is 0.667. The molecule has 1 aliphatic heterocycles. The second-order valence-electron chi connectivity index (χ2n) is 4.86. The number of aromatic nitrogens is 1. The largest absolute Gasteiger partial charge is 0.317 e. The molecule has 5 heteroatoms. The molecule has 2 aliphatic rings. The molecule has 2 N–H and O–H groups in total. The Morgan fingerprint density at radius 1 is 1.35 bits per heavy atom. The van der Waals surface area contributed by atoms with Gasteiger partial charge in [-0.25, -0.2) is 4.98 Å². The van der Waals surface area contributed by atoms with Gasteiger partial charge in [-0.1, -0.05) is 0 Å². The van der Waals surface area contributed by atoms with Gasteiger partial charge in [-0.2, -0.15) is 0 Å². The van der Waals surface area contributed by atoms with Gasteiger partial charge in [-0.15, -0.1) is 11.3 Å². The van der Waals surface area contributed by atoms with E-state index < -0.39 is 0 Å². The molecule has 92 valence electrons. The van der Waals surface area contributed by atoms with Crippen molar-refractivity contribution in [1.29, 1.82) is 0 Å². The van der Waals surface area contributed by atoms with Crippen LogP contribution in [0.4, 0.5) is 5.13 Å². The van der Waals surface area contributed by atoms with Crippen molar-refractivity contribution in [3.8, 4) is 0 Å². The van der Waals surface area contributed by atoms with Crippen molar-refractivity contribution in [2.75, 3.05) is 18.4 Å². The highest BCUT2D eigenvalue weighted by molar-refractivity contribution is 7.15. The van der Waals surface area contributed by atoms with Crippen molar-refractivity contribution in [2.24, 2.45) is 5.92 Å². The highest BCUT2D eigenvalue weighted by Gasteiger charge is 2.30. The van der Waals surface area contributed by atoms with Gasteiger partial charge in [0.25, 0.3) is 0 Å². The Kier molecular flexibility index (Phi) is 3.11. The van der Waals surface area contributed by atoms with Crippen molar-refractivity contribution < 1.29 is 4.79 Å². The van der Waals surface area contributed by atoms with Crippen LogP contribution < -0.4 is 10.6 Å². The number of amides is 1. The molecule has 4 nitrogen and oxygen atoms in total. The molecule has 0 aromatic carbocycles. The maximum atomic E-state index is 11.6. The standard InChI is InChI=1S/C12H17N3OS/c16-11(9-1-2-9)15-12-14-7-10(17-12)8-3-5-13-6-4-8/h7-9,13H,1-6H2,(H,14,15,16). The van der Waals surface area contributed by atoms with Crippen LogP contribution in [-0.4, -0.2) is 24.0 Å². The number of rotatable bonds is 3. The van der Waals surface area contributed by atoms with E-state index in [9.17, 15) is 4.79 Å². The summed E-state index contributed by atoms with van der Waals surface area (Å²) in [4.78, 5) is 17.2. The summed E-state index contributed by atoms with van der Waals surface area (Å²) >= 11 is 1.64. The Labute approximate surface area is 105 Å². The summed E-state index contributed by atoms with van der Waals surface area (Å²) in [7, 11) is 0. The van der Waals surface area contributed by atoms with Crippen LogP contribution in [0.1, 0.15) is 36.5 Å². The van der Waals surface area contributed by atoms with E-state index >= 15 is 0 Å². The van der Waals surface area contributed by atoms with Crippen molar-refractivity contribution >= 4 is 22.4 Å². The SMILES string of the molecule is O=C(Nc1ncc(C2CCNCC2)s1)C1CC1. The van der Waals surface area contributed by atoms with Gasteiger partial charge >= 0.3 is 0 Å². The third-order valence-electron chi connectivity index (χ3n) is 3.44. The minimum Gasteiger partial charge on any atom is -0.317 e. The third kappa shape index (κ3) is 2.66. The summed E-state index contributed by atoms with van der Waals surface area (Å²) in [5, 5.41) is 7.05. The fourth-order valence-corrected chi connectivity index (χ4v) is 3.18. The van der Waals surface area contributed by atoms with Crippen molar-refractivity contribution in [3.63, 3.8) is 0 Å². The second kappa shape index (κ2) is 4.74. The van der Waals surface area contributed by atoms with Crippen LogP contribution in [0.2, 0.25) is 0 Å². The highest BCUT2D eigenvalue weighted by Crippen LogP contribution is 2.34. The molecule has 0 spiro atoms. The highest BCUT2D eigenvalue weighted by atomic mass is 32.1. The van der Waals surface area contributed by atoms with Gasteiger partial charge in [-0.3, -0.25) is 4.79 Å². The van der Waals surface area contributed by atoms with E-state index in [4.69, 9.17) is 0 Å². The topological polar surface area (TPSA) is 54.0 Å². The Hall–Kier alpha value is -0.940. The Morgan fingerprint density at radius 2 is 2.12 bits per heavy atom. The first-order valence-corrected chi connectivity index (χ1v) is 7.12. The van der Waals surface area contributed by atoms with E-state index in [1.807, 2.05) is 6.20 Å². The Bertz CT molecular complexity index is 408. The van der Waals surface area contributed by atoms with Gasteiger partial charge in [0.2, 0.25) is 5.91 Å². The number of hydrogen-bond donors (Lipinski definition) is 2. The molecule has 0 bridgehead atoms. The van der Waals surface area contributed by atoms with E-state index in [-0.39, 0.29) is 11.8 Å². The zero-order chi connectivity index (χ0) is 11.7. The van der Waals surface area contributed by atoms with E-state index in [0.717, 1.165) is 31.1 Å². The zero-order valence-electron chi connectivity index (χ0n) is 9.74. The van der Waals surface area contributed by atoms with Crippen LogP contribution in [0.25, 0.3) is 0 Å². The molecule has 0 radical (unpaired) electrons. The van der Waals surface area contributed by atoms with Gasteiger partial charge in [0, 0.05) is 17.0 Å². The molecule has 3 rings (SSSR count). The van der Waals surface area contributed by atoms with Gasteiger partial charge < -0.3 is 10.6 Å². The van der Waals surface area contributed by atoms with E-state index in [1.165, 1.54) is 17.7 Å². The van der Waals surface area contributed by atoms with Crippen molar-refractivity contribution in [1.82, 2.24) is 10.3 Å². The number of piperidine rings is 1. The molecule has 0 atom stereocenters. The lowest BCUT2D eigenvalue weighted by Gasteiger charge is -2.20. The molecule has 1 amide bonds. The van der Waals surface area contributed by atoms with E-state index in [2.05, 4.69) is 15.6 Å². The molecular formula is C12H17N3OS. The van der Waals surface area contributed by atoms with Crippen LogP contribution in [0, 0.1) is 5.92 Å². The van der Waals surface area contributed by atoms with Gasteiger partial charge in [0.05, 0.1) is 0 Å². The average molecular weight is 251 g/mol. The number of carbonyl (C=O) groups is 1. The van der Waals surface area contributed by atoms with Crippen LogP contribution in [-0.2, 0) is 4.79 Å². The number of nitrogens with one attached hydrogen (secondary N) is 2. The molecule has 17 heavy (non-hydrogen) atoms. The summed E-state index contributed by atoms with van der Waals surface area (Å²) < 4.78 is 0. The van der Waals surface area contributed by atoms with Crippen LogP contribution >= 0.6 is 11.3 Å². The molecule has 1 aliphatic carbocycles. The van der Waals surface area contributed by atoms with Crippen molar-refractivity contribution in [3.05, 3.63) is 11.1 Å². The van der Waals surface area contributed by atoms with Crippen LogP contribution in [0.5, 0.6) is 0 Å². The second-order valence-corrected chi connectivity index (χ2v) is 5.92. The number of hydrogen-bond acceptors (Lipinski definition) is 4. The van der Waals surface area contributed by atoms with Crippen LogP contribution in [0.15, 0.2) is 6.20 Å². The minimum absolute atomic E-state index is 0.149. The molecule has 0 unspecified atom stereocenters. The smallest absolute Gasteiger partial charge is 0.229 e. The molecule has 2 fully saturated rings. The Morgan fingerprint density at radius 3 is 2.82 bits per heavy atom. The number of carbonyl (C=O) groups excluding carboxylic acids is 1. The summed E-state index contributed by atoms with van der Waals surface area (Å²) in [6.07, 6.45) is 6.37. The summed E-state index contributed by atoms with van der Waals surface area (Å²) in [5.74, 6) is 1.03. The summed E-state index contributed by atoms with van der Waals surface area (Å²) in [6.45, 7) is 2.18. The third-order valence-corrected chi connectivity index (χ3v) is 4.52. The van der Waals surface area contributed by atoms with Crippen molar-refractivity contribution in [2.45, 2.75) is 31.6 Å². The average Bonchev–Trinajstić information content (AvgIpc) is 3.12. The molecule has 2 heterocycles. The molecule has 1 saturated carbocycles. The number of anilines is 1. The first-order chi connectivity index (χ1) is 8.33. The fourth-order valence-electron chi connectivity index (χ4n) is 2.19. The first kappa shape index (κ1) is 11.2. The molecule has 1 aromatic rings. The van der Waals surface area contributed by atoms with Crippen LogP contribution in [0.3, 0.4) is 0 Å². The molecule has 1 saturated heterocycles. The lowest BCUT2D eigenvalue weighted by molar-refractivity contribution is -0.117. The van der Waals surface area contributed by atoms with Gasteiger partial charge in [0.15, 0.2) is 5.13 Å². The monoisotopic (exact) mass is 251 g/mol. The van der Waals surface area contributed by atoms with Gasteiger partial charge in [0.1, 0.15) is 0 Å².